The predicted molar refractivity (Wildman–Crippen MR) is 105 cm³/mol. The lowest BCUT2D eigenvalue weighted by molar-refractivity contribution is -0.114. The van der Waals surface area contributed by atoms with E-state index in [1.165, 1.54) is 23.4 Å². The first-order chi connectivity index (χ1) is 12.8. The summed E-state index contributed by atoms with van der Waals surface area (Å²) in [6.45, 7) is 4.24. The number of rotatable bonds is 3. The maximum atomic E-state index is 13.1. The summed E-state index contributed by atoms with van der Waals surface area (Å²) in [4.78, 5) is 14.8. The van der Waals surface area contributed by atoms with Crippen molar-refractivity contribution in [3.63, 3.8) is 0 Å². The predicted octanol–water partition coefficient (Wildman–Crippen LogP) is 3.18. The number of fused-ring (bicyclic) bond motifs is 3. The molecule has 0 bridgehead atoms. The van der Waals surface area contributed by atoms with E-state index in [9.17, 15) is 13.2 Å². The third-order valence-electron chi connectivity index (χ3n) is 4.91. The van der Waals surface area contributed by atoms with Crippen molar-refractivity contribution >= 4 is 32.5 Å². The molecule has 0 unspecified atom stereocenters. The van der Waals surface area contributed by atoms with E-state index < -0.39 is 10.0 Å². The molecule has 1 aromatic heterocycles. The number of benzene rings is 2. The Morgan fingerprint density at radius 2 is 1.89 bits per heavy atom. The van der Waals surface area contributed by atoms with Gasteiger partial charge in [-0.3, -0.25) is 4.79 Å². The highest BCUT2D eigenvalue weighted by atomic mass is 32.2. The van der Waals surface area contributed by atoms with Gasteiger partial charge in [-0.2, -0.15) is 4.31 Å². The van der Waals surface area contributed by atoms with Crippen molar-refractivity contribution in [2.45, 2.75) is 31.7 Å². The van der Waals surface area contributed by atoms with Crippen molar-refractivity contribution in [2.75, 3.05) is 11.9 Å². The molecule has 2 N–H and O–H groups in total. The largest absolute Gasteiger partial charge is 0.358 e. The minimum absolute atomic E-state index is 0.191. The molecule has 2 aromatic carbocycles. The van der Waals surface area contributed by atoms with Crippen LogP contribution < -0.4 is 5.32 Å². The standard InChI is InChI=1S/C20H21N3O3S/c1-13-3-8-19-17(11-13)18-12-23(10-9-20(18)22-19)27(25,26)16-6-4-15(5-7-16)21-14(2)24/h3-8,11,22H,9-10,12H2,1-2H3,(H,21,24). The second kappa shape index (κ2) is 6.51. The Hall–Kier alpha value is -2.64. The number of carbonyl (C=O) groups is 1. The number of hydrogen-bond donors (Lipinski definition) is 2. The lowest BCUT2D eigenvalue weighted by atomic mass is 10.0. The number of carbonyl (C=O) groups excluding carboxylic acids is 1. The summed E-state index contributed by atoms with van der Waals surface area (Å²) in [5.74, 6) is -0.191. The van der Waals surface area contributed by atoms with Gasteiger partial charge in [-0.25, -0.2) is 8.42 Å². The van der Waals surface area contributed by atoms with Crippen LogP contribution in [0.15, 0.2) is 47.4 Å². The number of anilines is 1. The number of sulfonamides is 1. The van der Waals surface area contributed by atoms with E-state index in [0.717, 1.165) is 27.7 Å². The topological polar surface area (TPSA) is 82.3 Å². The third-order valence-corrected chi connectivity index (χ3v) is 6.77. The van der Waals surface area contributed by atoms with Gasteiger partial charge in [0.15, 0.2) is 0 Å². The summed E-state index contributed by atoms with van der Waals surface area (Å²) in [6, 6.07) is 12.5. The van der Waals surface area contributed by atoms with Crippen molar-refractivity contribution < 1.29 is 13.2 Å². The van der Waals surface area contributed by atoms with Crippen LogP contribution in [-0.4, -0.2) is 30.2 Å². The van der Waals surface area contributed by atoms with Gasteiger partial charge in [0.05, 0.1) is 4.90 Å². The highest BCUT2D eigenvalue weighted by Crippen LogP contribution is 2.31. The monoisotopic (exact) mass is 383 g/mol. The van der Waals surface area contributed by atoms with Gasteiger partial charge in [0, 0.05) is 48.7 Å². The van der Waals surface area contributed by atoms with Crippen LogP contribution in [-0.2, 0) is 27.8 Å². The van der Waals surface area contributed by atoms with Gasteiger partial charge in [-0.1, -0.05) is 11.6 Å². The fraction of sp³-hybridized carbons (Fsp3) is 0.250. The van der Waals surface area contributed by atoms with Gasteiger partial charge in [-0.05, 0) is 48.9 Å². The van der Waals surface area contributed by atoms with Crippen LogP contribution in [0, 0.1) is 6.92 Å². The quantitative estimate of drug-likeness (QED) is 0.729. The Morgan fingerprint density at radius 3 is 2.59 bits per heavy atom. The van der Waals surface area contributed by atoms with Crippen molar-refractivity contribution in [3.8, 4) is 0 Å². The van der Waals surface area contributed by atoms with E-state index in [-0.39, 0.29) is 10.8 Å². The first-order valence-corrected chi connectivity index (χ1v) is 10.3. The Bertz CT molecular complexity index is 1130. The molecule has 0 saturated carbocycles. The number of nitrogens with one attached hydrogen (secondary N) is 2. The van der Waals surface area contributed by atoms with Gasteiger partial charge in [0.25, 0.3) is 0 Å². The molecule has 1 aliphatic rings. The molecule has 4 rings (SSSR count). The van der Waals surface area contributed by atoms with E-state index in [1.54, 1.807) is 12.1 Å². The summed E-state index contributed by atoms with van der Waals surface area (Å²) >= 11 is 0. The summed E-state index contributed by atoms with van der Waals surface area (Å²) in [5.41, 5.74) is 4.94. The molecule has 3 aromatic rings. The van der Waals surface area contributed by atoms with Crippen molar-refractivity contribution in [3.05, 3.63) is 59.3 Å². The Kier molecular flexibility index (Phi) is 4.28. The van der Waals surface area contributed by atoms with Crippen LogP contribution in [0.25, 0.3) is 10.9 Å². The first-order valence-electron chi connectivity index (χ1n) is 8.82. The normalized spacial score (nSPS) is 14.9. The Balaban J connectivity index is 1.65. The van der Waals surface area contributed by atoms with Gasteiger partial charge in [-0.15, -0.1) is 0 Å². The Morgan fingerprint density at radius 1 is 1.15 bits per heavy atom. The Labute approximate surface area is 158 Å². The molecule has 0 fully saturated rings. The smallest absolute Gasteiger partial charge is 0.243 e. The summed E-state index contributed by atoms with van der Waals surface area (Å²) in [5, 5.41) is 3.74. The molecule has 1 aliphatic heterocycles. The maximum Gasteiger partial charge on any atom is 0.243 e. The van der Waals surface area contributed by atoms with Crippen molar-refractivity contribution in [1.29, 1.82) is 0 Å². The molecule has 2 heterocycles. The van der Waals surface area contributed by atoms with Crippen LogP contribution >= 0.6 is 0 Å². The van der Waals surface area contributed by atoms with Gasteiger partial charge >= 0.3 is 0 Å². The number of aryl methyl sites for hydroxylation is 1. The highest BCUT2D eigenvalue weighted by Gasteiger charge is 2.30. The van der Waals surface area contributed by atoms with E-state index in [1.807, 2.05) is 13.0 Å². The number of hydrogen-bond acceptors (Lipinski definition) is 3. The second-order valence-corrected chi connectivity index (χ2v) is 8.86. The molecule has 140 valence electrons. The van der Waals surface area contributed by atoms with Crippen LogP contribution in [0.5, 0.6) is 0 Å². The molecule has 7 heteroatoms. The maximum absolute atomic E-state index is 13.1. The summed E-state index contributed by atoms with van der Waals surface area (Å²) in [6.07, 6.45) is 0.659. The fourth-order valence-corrected chi connectivity index (χ4v) is 4.98. The molecular weight excluding hydrogens is 362 g/mol. The number of amides is 1. The molecule has 27 heavy (non-hydrogen) atoms. The molecule has 1 amide bonds. The molecule has 0 radical (unpaired) electrons. The lowest BCUT2D eigenvalue weighted by Gasteiger charge is -2.26. The minimum atomic E-state index is -3.60. The first kappa shape index (κ1) is 17.8. The van der Waals surface area contributed by atoms with Gasteiger partial charge < -0.3 is 10.3 Å². The van der Waals surface area contributed by atoms with Crippen LogP contribution in [0.2, 0.25) is 0 Å². The summed E-state index contributed by atoms with van der Waals surface area (Å²) in [7, 11) is -3.60. The molecule has 0 atom stereocenters. The third kappa shape index (κ3) is 3.24. The van der Waals surface area contributed by atoms with Crippen molar-refractivity contribution in [2.24, 2.45) is 0 Å². The van der Waals surface area contributed by atoms with Gasteiger partial charge in [0.1, 0.15) is 0 Å². The van der Waals surface area contributed by atoms with E-state index in [4.69, 9.17) is 0 Å². The zero-order valence-corrected chi connectivity index (χ0v) is 16.1. The molecular formula is C20H21N3O3S. The molecule has 0 saturated heterocycles. The SMILES string of the molecule is CC(=O)Nc1ccc(S(=O)(=O)N2CCc3[nH]c4ccc(C)cc4c3C2)cc1. The molecule has 0 aliphatic carbocycles. The van der Waals surface area contributed by atoms with Crippen LogP contribution in [0.4, 0.5) is 5.69 Å². The van der Waals surface area contributed by atoms with E-state index in [0.29, 0.717) is 25.2 Å². The lowest BCUT2D eigenvalue weighted by Crippen LogP contribution is -2.35. The number of aromatic amines is 1. The van der Waals surface area contributed by atoms with Crippen molar-refractivity contribution in [1.82, 2.24) is 9.29 Å². The number of aromatic nitrogens is 1. The van der Waals surface area contributed by atoms with Gasteiger partial charge in [0.2, 0.25) is 15.9 Å². The number of H-pyrrole nitrogens is 1. The molecule has 6 nitrogen and oxygen atoms in total. The minimum Gasteiger partial charge on any atom is -0.358 e. The van der Waals surface area contributed by atoms with Crippen LogP contribution in [0.3, 0.4) is 0 Å². The zero-order chi connectivity index (χ0) is 19.2. The average molecular weight is 383 g/mol. The molecule has 0 spiro atoms. The van der Waals surface area contributed by atoms with E-state index >= 15 is 0 Å². The number of nitrogens with zero attached hydrogens (tertiary/aromatic N) is 1. The average Bonchev–Trinajstić information content (AvgIpc) is 2.99. The zero-order valence-electron chi connectivity index (χ0n) is 15.2. The second-order valence-electron chi connectivity index (χ2n) is 6.93. The highest BCUT2D eigenvalue weighted by molar-refractivity contribution is 7.89. The van der Waals surface area contributed by atoms with Crippen LogP contribution in [0.1, 0.15) is 23.7 Å². The summed E-state index contributed by atoms with van der Waals surface area (Å²) < 4.78 is 27.7. The fourth-order valence-electron chi connectivity index (χ4n) is 3.57. The van der Waals surface area contributed by atoms with E-state index in [2.05, 4.69) is 22.4 Å².